The molecule has 1 nitrogen and oxygen atoms in total. The van der Waals surface area contributed by atoms with Gasteiger partial charge in [-0.05, 0) is 54.8 Å². The highest BCUT2D eigenvalue weighted by atomic mass is 79.9. The third kappa shape index (κ3) is 2.21. The summed E-state index contributed by atoms with van der Waals surface area (Å²) in [6.07, 6.45) is 2.08. The van der Waals surface area contributed by atoms with Gasteiger partial charge in [-0.15, -0.1) is 0 Å². The molecule has 1 aliphatic carbocycles. The fourth-order valence-electron chi connectivity index (χ4n) is 2.91. The normalized spacial score (nSPS) is 17.5. The van der Waals surface area contributed by atoms with Gasteiger partial charge in [0.1, 0.15) is 5.82 Å². The van der Waals surface area contributed by atoms with Crippen molar-refractivity contribution in [2.45, 2.75) is 18.9 Å². The zero-order valence-corrected chi connectivity index (χ0v) is 12.3. The van der Waals surface area contributed by atoms with Gasteiger partial charge < -0.3 is 5.32 Å². The summed E-state index contributed by atoms with van der Waals surface area (Å²) in [5.74, 6) is -0.162. The van der Waals surface area contributed by atoms with Crippen molar-refractivity contribution in [1.29, 1.82) is 0 Å². The molecule has 0 heterocycles. The molecule has 2 aromatic carbocycles. The van der Waals surface area contributed by atoms with E-state index >= 15 is 0 Å². The Morgan fingerprint density at radius 2 is 2.05 bits per heavy atom. The maximum absolute atomic E-state index is 14.1. The second kappa shape index (κ2) is 5.06. The summed E-state index contributed by atoms with van der Waals surface area (Å²) in [4.78, 5) is 0. The van der Waals surface area contributed by atoms with Crippen molar-refractivity contribution >= 4 is 15.9 Å². The fraction of sp³-hybridized carbons (Fsp3) is 0.250. The van der Waals surface area contributed by atoms with Crippen LogP contribution in [-0.4, -0.2) is 7.05 Å². The summed E-state index contributed by atoms with van der Waals surface area (Å²) >= 11 is 3.42. The van der Waals surface area contributed by atoms with E-state index in [9.17, 15) is 4.39 Å². The molecule has 1 atom stereocenters. The van der Waals surface area contributed by atoms with E-state index < -0.39 is 0 Å². The van der Waals surface area contributed by atoms with Crippen LogP contribution in [0, 0.1) is 5.82 Å². The van der Waals surface area contributed by atoms with Gasteiger partial charge in [-0.25, -0.2) is 4.39 Å². The van der Waals surface area contributed by atoms with Crippen LogP contribution in [0.4, 0.5) is 4.39 Å². The Labute approximate surface area is 121 Å². The van der Waals surface area contributed by atoms with E-state index in [1.807, 2.05) is 25.2 Å². The van der Waals surface area contributed by atoms with Crippen LogP contribution in [0.5, 0.6) is 0 Å². The summed E-state index contributed by atoms with van der Waals surface area (Å²) in [6.45, 7) is 0. The zero-order chi connectivity index (χ0) is 13.4. The van der Waals surface area contributed by atoms with Crippen LogP contribution >= 0.6 is 15.9 Å². The van der Waals surface area contributed by atoms with Gasteiger partial charge in [0.2, 0.25) is 0 Å². The number of fused-ring (bicyclic) bond motifs is 1. The molecule has 0 spiro atoms. The Kier molecular flexibility index (Phi) is 3.42. The number of hydrogen-bond acceptors (Lipinski definition) is 1. The van der Waals surface area contributed by atoms with E-state index in [1.54, 1.807) is 6.07 Å². The van der Waals surface area contributed by atoms with Crippen LogP contribution in [-0.2, 0) is 6.42 Å². The van der Waals surface area contributed by atoms with Crippen molar-refractivity contribution in [3.8, 4) is 11.1 Å². The minimum Gasteiger partial charge on any atom is -0.313 e. The molecule has 1 unspecified atom stereocenters. The van der Waals surface area contributed by atoms with Crippen molar-refractivity contribution in [2.24, 2.45) is 0 Å². The van der Waals surface area contributed by atoms with Crippen molar-refractivity contribution < 1.29 is 4.39 Å². The number of nitrogens with one attached hydrogen (secondary N) is 1. The van der Waals surface area contributed by atoms with E-state index in [0.717, 1.165) is 22.9 Å². The van der Waals surface area contributed by atoms with E-state index in [0.29, 0.717) is 11.6 Å². The summed E-state index contributed by atoms with van der Waals surface area (Å²) in [5, 5.41) is 3.32. The molecule has 1 aliphatic rings. The molecule has 0 saturated heterocycles. The first kappa shape index (κ1) is 12.8. The maximum Gasteiger partial charge on any atom is 0.131 e. The van der Waals surface area contributed by atoms with Gasteiger partial charge >= 0.3 is 0 Å². The smallest absolute Gasteiger partial charge is 0.131 e. The maximum atomic E-state index is 14.1. The number of rotatable bonds is 2. The second-order valence-electron chi connectivity index (χ2n) is 4.88. The summed E-state index contributed by atoms with van der Waals surface area (Å²) in [5.41, 5.74) is 4.29. The lowest BCUT2D eigenvalue weighted by Crippen LogP contribution is -2.12. The standard InChI is InChI=1S/C16H15BrFN/c1-19-16-8-6-12-11(3-2-4-13(12)16)14-9-10(17)5-7-15(14)18/h2-5,7,9,16,19H,6,8H2,1H3. The molecular weight excluding hydrogens is 305 g/mol. The highest BCUT2D eigenvalue weighted by molar-refractivity contribution is 9.10. The van der Waals surface area contributed by atoms with Crippen LogP contribution in [0.3, 0.4) is 0 Å². The van der Waals surface area contributed by atoms with Crippen molar-refractivity contribution in [3.63, 3.8) is 0 Å². The molecule has 19 heavy (non-hydrogen) atoms. The second-order valence-corrected chi connectivity index (χ2v) is 5.79. The number of halogens is 2. The first-order valence-electron chi connectivity index (χ1n) is 6.45. The number of hydrogen-bond donors (Lipinski definition) is 1. The molecule has 3 rings (SSSR count). The Hall–Kier alpha value is -1.19. The fourth-order valence-corrected chi connectivity index (χ4v) is 3.27. The van der Waals surface area contributed by atoms with Crippen LogP contribution in [0.25, 0.3) is 11.1 Å². The topological polar surface area (TPSA) is 12.0 Å². The predicted molar refractivity (Wildman–Crippen MR) is 79.7 cm³/mol. The van der Waals surface area contributed by atoms with Gasteiger partial charge in [0.15, 0.2) is 0 Å². The third-order valence-corrected chi connectivity index (χ3v) is 4.33. The first-order valence-corrected chi connectivity index (χ1v) is 7.24. The quantitative estimate of drug-likeness (QED) is 0.861. The van der Waals surface area contributed by atoms with Gasteiger partial charge in [0, 0.05) is 16.1 Å². The molecule has 0 bridgehead atoms. The highest BCUT2D eigenvalue weighted by Gasteiger charge is 2.24. The largest absolute Gasteiger partial charge is 0.313 e. The molecule has 0 aliphatic heterocycles. The molecule has 0 fully saturated rings. The lowest BCUT2D eigenvalue weighted by molar-refractivity contribution is 0.590. The van der Waals surface area contributed by atoms with Crippen LogP contribution in [0.15, 0.2) is 40.9 Å². The Balaban J connectivity index is 2.17. The first-order chi connectivity index (χ1) is 9.20. The summed E-state index contributed by atoms with van der Waals surface area (Å²) < 4.78 is 15.0. The summed E-state index contributed by atoms with van der Waals surface area (Å²) in [7, 11) is 1.98. The van der Waals surface area contributed by atoms with Crippen molar-refractivity contribution in [3.05, 3.63) is 57.8 Å². The molecule has 2 aromatic rings. The molecule has 0 saturated carbocycles. The van der Waals surface area contributed by atoms with Gasteiger partial charge in [0.05, 0.1) is 0 Å². The minimum atomic E-state index is -0.162. The van der Waals surface area contributed by atoms with Gasteiger partial charge in [-0.1, -0.05) is 34.1 Å². The summed E-state index contributed by atoms with van der Waals surface area (Å²) in [6, 6.07) is 11.7. The van der Waals surface area contributed by atoms with Gasteiger partial charge in [-0.2, -0.15) is 0 Å². The van der Waals surface area contributed by atoms with E-state index in [1.165, 1.54) is 17.2 Å². The van der Waals surface area contributed by atoms with Gasteiger partial charge in [0.25, 0.3) is 0 Å². The minimum absolute atomic E-state index is 0.162. The molecule has 0 aromatic heterocycles. The monoisotopic (exact) mass is 319 g/mol. The molecular formula is C16H15BrFN. The number of benzene rings is 2. The predicted octanol–water partition coefficient (Wildman–Crippen LogP) is 4.46. The average molecular weight is 320 g/mol. The molecule has 3 heteroatoms. The van der Waals surface area contributed by atoms with Crippen molar-refractivity contribution in [2.75, 3.05) is 7.05 Å². The van der Waals surface area contributed by atoms with Crippen LogP contribution < -0.4 is 5.32 Å². The van der Waals surface area contributed by atoms with E-state index in [-0.39, 0.29) is 5.82 Å². The van der Waals surface area contributed by atoms with Crippen LogP contribution in [0.2, 0.25) is 0 Å². The third-order valence-electron chi connectivity index (χ3n) is 3.84. The van der Waals surface area contributed by atoms with Crippen molar-refractivity contribution in [1.82, 2.24) is 5.32 Å². The van der Waals surface area contributed by atoms with Crippen LogP contribution in [0.1, 0.15) is 23.6 Å². The lowest BCUT2D eigenvalue weighted by atomic mass is 9.96. The molecule has 1 N–H and O–H groups in total. The Morgan fingerprint density at radius 3 is 2.84 bits per heavy atom. The van der Waals surface area contributed by atoms with Gasteiger partial charge in [-0.3, -0.25) is 0 Å². The SMILES string of the molecule is CNC1CCc2c(-c3cc(Br)ccc3F)cccc21. The molecule has 98 valence electrons. The van der Waals surface area contributed by atoms with E-state index in [4.69, 9.17) is 0 Å². The van der Waals surface area contributed by atoms with E-state index in [2.05, 4.69) is 27.3 Å². The average Bonchev–Trinajstić information content (AvgIpc) is 2.84. The molecule has 0 amide bonds. The molecule has 0 radical (unpaired) electrons. The Bertz CT molecular complexity index is 624. The lowest BCUT2D eigenvalue weighted by Gasteiger charge is -2.13. The highest BCUT2D eigenvalue weighted by Crippen LogP contribution is 2.38. The Morgan fingerprint density at radius 1 is 1.21 bits per heavy atom. The zero-order valence-electron chi connectivity index (χ0n) is 10.7.